The number of anilines is 2. The predicted molar refractivity (Wildman–Crippen MR) is 284 cm³/mol. The number of carboxylic acids is 4. The minimum Gasteiger partial charge on any atom is -0.545 e. The number of nitrogens with one attached hydrogen (secondary N) is 2. The van der Waals surface area contributed by atoms with Gasteiger partial charge in [-0.15, -0.1) is 0 Å². The fourth-order valence-electron chi connectivity index (χ4n) is 8.45. The van der Waals surface area contributed by atoms with Gasteiger partial charge in [0.05, 0.1) is 24.1 Å². The van der Waals surface area contributed by atoms with Crippen molar-refractivity contribution in [2.75, 3.05) is 79.3 Å². The molecule has 0 aromatic heterocycles. The maximum absolute atomic E-state index is 13.0. The maximum atomic E-state index is 13.0. The van der Waals surface area contributed by atoms with Crippen LogP contribution in [0, 0.1) is 0 Å². The first-order valence-corrected chi connectivity index (χ1v) is 23.6. The highest BCUT2D eigenvalue weighted by molar-refractivity contribution is 6.13. The molecule has 0 saturated heterocycles. The Morgan fingerprint density at radius 2 is 1.01 bits per heavy atom. The number of hydrogen-bond acceptors (Lipinski definition) is 14. The monoisotopic (exact) mass is 1030 g/mol. The van der Waals surface area contributed by atoms with E-state index >= 15 is 0 Å². The van der Waals surface area contributed by atoms with Gasteiger partial charge in [0, 0.05) is 132 Å². The van der Waals surface area contributed by atoms with E-state index in [1.165, 1.54) is 18.2 Å². The second-order valence-electron chi connectivity index (χ2n) is 18.6. The van der Waals surface area contributed by atoms with Gasteiger partial charge in [0.2, 0.25) is 10.7 Å². The Morgan fingerprint density at radius 1 is 0.553 bits per heavy atom. The lowest BCUT2D eigenvalue weighted by Crippen LogP contribution is -2.43. The number of fused-ring (bicyclic) bond motifs is 4. The van der Waals surface area contributed by atoms with E-state index in [0.29, 0.717) is 61.3 Å². The van der Waals surface area contributed by atoms with Crippen LogP contribution in [-0.4, -0.2) is 127 Å². The van der Waals surface area contributed by atoms with E-state index in [4.69, 9.17) is 30.5 Å². The number of aliphatic carboxylic acids is 2. The summed E-state index contributed by atoms with van der Waals surface area (Å²) in [7, 11) is 15.3. The molecule has 0 bridgehead atoms. The van der Waals surface area contributed by atoms with Gasteiger partial charge in [0.25, 0.3) is 11.8 Å². The van der Waals surface area contributed by atoms with Crippen LogP contribution in [0.4, 0.5) is 11.4 Å². The van der Waals surface area contributed by atoms with E-state index in [9.17, 15) is 39.0 Å². The molecule has 0 saturated carbocycles. The Hall–Kier alpha value is -9.40. The molecule has 0 fully saturated rings. The quantitative estimate of drug-likeness (QED) is 0.0666. The second-order valence-corrected chi connectivity index (χ2v) is 18.6. The first-order chi connectivity index (χ1) is 36.0. The van der Waals surface area contributed by atoms with Crippen molar-refractivity contribution in [2.45, 2.75) is 12.1 Å². The molecule has 0 unspecified atom stereocenters. The van der Waals surface area contributed by atoms with Crippen LogP contribution in [0.15, 0.2) is 118 Å². The number of nitrogens with two attached hydrogens (primary N) is 2. The van der Waals surface area contributed by atoms with Crippen molar-refractivity contribution >= 4 is 69.0 Å². The molecule has 76 heavy (non-hydrogen) atoms. The van der Waals surface area contributed by atoms with Gasteiger partial charge in [-0.3, -0.25) is 19.2 Å². The SMILES string of the molecule is CN(C)c1ccc2c(-c3ccc(C(=O)NC[C@@H](N)C(=O)O)cc3C(=O)[O-])c3ccc(=[N+](C)C)cc-3oc2c1.CN(C)c1ccc2c(-c3cccc(C(=O)NC[C@@H](N)C(=O)O)c3C(=O)[O-])c3ccc(=[N+](C)C)cc-3oc2c1. The topological polar surface area (TPSA) is 304 Å². The van der Waals surface area contributed by atoms with Gasteiger partial charge >= 0.3 is 11.9 Å². The van der Waals surface area contributed by atoms with Crippen LogP contribution in [0.25, 0.3) is 66.8 Å². The summed E-state index contributed by atoms with van der Waals surface area (Å²) >= 11 is 0. The molecule has 20 heteroatoms. The zero-order chi connectivity index (χ0) is 55.4. The minimum atomic E-state index is -1.55. The molecule has 8 rings (SSSR count). The molecule has 2 atom stereocenters. The number of benzene rings is 6. The summed E-state index contributed by atoms with van der Waals surface area (Å²) in [6.07, 6.45) is 0. The van der Waals surface area contributed by atoms with E-state index in [2.05, 4.69) is 10.6 Å². The van der Waals surface area contributed by atoms with Crippen LogP contribution < -0.4 is 62.0 Å². The number of carbonyl (C=O) groups excluding carboxylic acids is 4. The van der Waals surface area contributed by atoms with Crippen molar-refractivity contribution in [3.63, 3.8) is 0 Å². The van der Waals surface area contributed by atoms with Crippen LogP contribution in [0.3, 0.4) is 0 Å². The molecule has 2 heterocycles. The Kier molecular flexibility index (Phi) is 16.0. The molecule has 8 N–H and O–H groups in total. The van der Waals surface area contributed by atoms with Crippen LogP contribution in [0.1, 0.15) is 41.4 Å². The van der Waals surface area contributed by atoms with Gasteiger partial charge in [0.1, 0.15) is 63.0 Å². The number of rotatable bonds is 14. The molecule has 392 valence electrons. The van der Waals surface area contributed by atoms with E-state index in [1.54, 1.807) is 18.2 Å². The van der Waals surface area contributed by atoms with Gasteiger partial charge < -0.3 is 70.8 Å². The lowest BCUT2D eigenvalue weighted by Gasteiger charge is -2.21. The first kappa shape index (κ1) is 54.4. The van der Waals surface area contributed by atoms with Crippen LogP contribution in [-0.2, 0) is 9.59 Å². The molecule has 2 aliphatic carbocycles. The lowest BCUT2D eigenvalue weighted by atomic mass is 9.88. The highest BCUT2D eigenvalue weighted by Crippen LogP contribution is 2.44. The molecule has 0 spiro atoms. The molecule has 2 amide bonds. The van der Waals surface area contributed by atoms with Gasteiger partial charge in [-0.05, 0) is 65.7 Å². The highest BCUT2D eigenvalue weighted by atomic mass is 16.4. The van der Waals surface area contributed by atoms with Crippen molar-refractivity contribution in [1.29, 1.82) is 0 Å². The van der Waals surface area contributed by atoms with Crippen molar-refractivity contribution in [3.05, 3.63) is 142 Å². The minimum absolute atomic E-state index is 0.0320. The standard InChI is InChI=1S/2C28H28N4O6/c1-31(2)16-6-9-19-23(12-16)38-24-13-17(32(3)4)7-10-20(24)25(19)18-8-5-15(11-21(18)27(34)35)26(33)30-14-22(29)28(36)37;1-31(2)15-8-10-17-22(12-15)38-23-13-16(32(3)4)9-11-18(23)24(17)19-6-5-7-20(25(19)28(36)37)26(33)30-14-21(29)27(34)35/h5-13,22H,14,29H2,1-4H3,(H2-,30,33,34,35,36,37);5-13,21H,14,29H2,1-4H3,(H2-,30,33,34,35,36,37)/t22-;21-/m11/s1. The molecule has 20 nitrogen and oxygen atoms in total. The van der Waals surface area contributed by atoms with Crippen LogP contribution in [0.5, 0.6) is 0 Å². The van der Waals surface area contributed by atoms with Gasteiger partial charge in [-0.1, -0.05) is 18.2 Å². The van der Waals surface area contributed by atoms with Gasteiger partial charge in [0.15, 0.2) is 0 Å². The summed E-state index contributed by atoms with van der Waals surface area (Å²) in [6.45, 7) is -0.684. The largest absolute Gasteiger partial charge is 0.545 e. The first-order valence-electron chi connectivity index (χ1n) is 23.6. The number of aromatic carboxylic acids is 2. The van der Waals surface area contributed by atoms with Crippen LogP contribution in [0.2, 0.25) is 0 Å². The molecular formula is C56H56N8O12. The molecule has 0 radical (unpaired) electrons. The zero-order valence-electron chi connectivity index (χ0n) is 42.9. The second kappa shape index (κ2) is 22.4. The lowest BCUT2D eigenvalue weighted by molar-refractivity contribution is -0.256. The van der Waals surface area contributed by atoms with Gasteiger partial charge in [-0.2, -0.15) is 0 Å². The summed E-state index contributed by atoms with van der Waals surface area (Å²) in [5.41, 5.74) is 16.3. The fraction of sp³-hybridized carbons (Fsp3) is 0.214. The Labute approximate surface area is 435 Å². The van der Waals surface area contributed by atoms with E-state index in [0.717, 1.165) is 22.1 Å². The Bertz CT molecular complexity index is 3720. The summed E-state index contributed by atoms with van der Waals surface area (Å²) < 4.78 is 16.4. The number of carbonyl (C=O) groups is 6. The van der Waals surface area contributed by atoms with Crippen molar-refractivity contribution in [3.8, 4) is 44.9 Å². The summed E-state index contributed by atoms with van der Waals surface area (Å²) in [4.78, 5) is 76.2. The third-order valence-electron chi connectivity index (χ3n) is 12.6. The number of carboxylic acid groups (broad SMARTS) is 4. The summed E-state index contributed by atoms with van der Waals surface area (Å²) in [6, 6.07) is 28.7. The molecule has 4 aliphatic rings. The van der Waals surface area contributed by atoms with E-state index < -0.39 is 47.8 Å². The fourth-order valence-corrected chi connectivity index (χ4v) is 8.45. The summed E-state index contributed by atoms with van der Waals surface area (Å²) in [5, 5.41) is 50.7. The van der Waals surface area contributed by atoms with Crippen molar-refractivity contribution in [1.82, 2.24) is 19.8 Å². The van der Waals surface area contributed by atoms with Crippen molar-refractivity contribution < 1.29 is 58.0 Å². The smallest absolute Gasteiger partial charge is 0.322 e. The molecule has 4 aromatic rings. The van der Waals surface area contributed by atoms with Crippen molar-refractivity contribution in [2.24, 2.45) is 11.5 Å². The summed E-state index contributed by atoms with van der Waals surface area (Å²) in [5.74, 6) is -5.91. The maximum Gasteiger partial charge on any atom is 0.322 e. The predicted octanol–water partition coefficient (Wildman–Crippen LogP) is 1.62. The van der Waals surface area contributed by atoms with E-state index in [-0.39, 0.29) is 40.9 Å². The number of nitrogens with zero attached hydrogens (tertiary/aromatic N) is 4. The van der Waals surface area contributed by atoms with Gasteiger partial charge in [-0.25, -0.2) is 9.15 Å². The number of amides is 2. The molecule has 2 aliphatic heterocycles. The van der Waals surface area contributed by atoms with Crippen LogP contribution >= 0.6 is 0 Å². The average molecular weight is 1030 g/mol. The van der Waals surface area contributed by atoms with E-state index in [1.807, 2.05) is 148 Å². The highest BCUT2D eigenvalue weighted by Gasteiger charge is 2.26. The zero-order valence-corrected chi connectivity index (χ0v) is 42.9. The Morgan fingerprint density at radius 3 is 1.45 bits per heavy atom. The number of hydrogen-bond donors (Lipinski definition) is 6. The third kappa shape index (κ3) is 11.4. The molecule has 4 aromatic carbocycles. The molecular weight excluding hydrogens is 977 g/mol. The average Bonchev–Trinajstić information content (AvgIpc) is 3.40. The normalized spacial score (nSPS) is 11.8. The Balaban J connectivity index is 0.000000221. The third-order valence-corrected chi connectivity index (χ3v) is 12.6.